The van der Waals surface area contributed by atoms with Crippen molar-refractivity contribution in [2.45, 2.75) is 46.1 Å². The molecule has 0 aromatic carbocycles. The molecule has 0 aromatic heterocycles. The molecule has 0 spiro atoms. The SMILES string of the molecule is C/C=C/C(CCCC)OC(C)=O. The van der Waals surface area contributed by atoms with E-state index in [1.54, 1.807) is 0 Å². The second kappa shape index (κ2) is 6.89. The van der Waals surface area contributed by atoms with Gasteiger partial charge in [-0.3, -0.25) is 4.79 Å². The van der Waals surface area contributed by atoms with Crippen molar-refractivity contribution in [3.63, 3.8) is 0 Å². The smallest absolute Gasteiger partial charge is 0.303 e. The number of rotatable bonds is 5. The maximum Gasteiger partial charge on any atom is 0.303 e. The molecule has 0 amide bonds. The van der Waals surface area contributed by atoms with Crippen molar-refractivity contribution in [1.82, 2.24) is 0 Å². The summed E-state index contributed by atoms with van der Waals surface area (Å²) in [6, 6.07) is 0. The first-order valence-corrected chi connectivity index (χ1v) is 4.50. The second-order valence-corrected chi connectivity index (χ2v) is 2.82. The van der Waals surface area contributed by atoms with Crippen LogP contribution in [0.25, 0.3) is 0 Å². The minimum Gasteiger partial charge on any atom is -0.458 e. The van der Waals surface area contributed by atoms with Crippen LogP contribution in [0.5, 0.6) is 0 Å². The zero-order valence-corrected chi connectivity index (χ0v) is 8.17. The third kappa shape index (κ3) is 5.96. The van der Waals surface area contributed by atoms with Crippen LogP contribution in [0.2, 0.25) is 0 Å². The summed E-state index contributed by atoms with van der Waals surface area (Å²) in [7, 11) is 0. The number of esters is 1. The van der Waals surface area contributed by atoms with Crippen molar-refractivity contribution >= 4 is 5.97 Å². The second-order valence-electron chi connectivity index (χ2n) is 2.82. The van der Waals surface area contributed by atoms with E-state index < -0.39 is 0 Å². The predicted molar refractivity (Wildman–Crippen MR) is 49.9 cm³/mol. The highest BCUT2D eigenvalue weighted by molar-refractivity contribution is 5.66. The molecule has 0 rings (SSSR count). The molecule has 2 nitrogen and oxygen atoms in total. The number of ether oxygens (including phenoxy) is 1. The van der Waals surface area contributed by atoms with Gasteiger partial charge in [0.05, 0.1) is 0 Å². The summed E-state index contributed by atoms with van der Waals surface area (Å²) in [5.74, 6) is -0.200. The van der Waals surface area contributed by atoms with Crippen LogP contribution >= 0.6 is 0 Å². The summed E-state index contributed by atoms with van der Waals surface area (Å²) in [5.41, 5.74) is 0. The van der Waals surface area contributed by atoms with E-state index in [0.717, 1.165) is 19.3 Å². The van der Waals surface area contributed by atoms with Crippen LogP contribution in [0, 0.1) is 0 Å². The van der Waals surface area contributed by atoms with Crippen LogP contribution in [0.4, 0.5) is 0 Å². The van der Waals surface area contributed by atoms with Crippen molar-refractivity contribution in [2.24, 2.45) is 0 Å². The Morgan fingerprint density at radius 1 is 1.58 bits per heavy atom. The molecular weight excluding hydrogens is 152 g/mol. The fourth-order valence-electron chi connectivity index (χ4n) is 1.03. The van der Waals surface area contributed by atoms with Gasteiger partial charge in [0.1, 0.15) is 6.10 Å². The molecule has 1 atom stereocenters. The minimum absolute atomic E-state index is 0.0209. The maximum atomic E-state index is 10.6. The summed E-state index contributed by atoms with van der Waals surface area (Å²) in [4.78, 5) is 10.6. The van der Waals surface area contributed by atoms with E-state index in [-0.39, 0.29) is 12.1 Å². The topological polar surface area (TPSA) is 26.3 Å². The highest BCUT2D eigenvalue weighted by Crippen LogP contribution is 2.06. The monoisotopic (exact) mass is 170 g/mol. The van der Waals surface area contributed by atoms with Crippen molar-refractivity contribution in [2.75, 3.05) is 0 Å². The summed E-state index contributed by atoms with van der Waals surface area (Å²) in [6.45, 7) is 5.51. The zero-order chi connectivity index (χ0) is 9.40. The van der Waals surface area contributed by atoms with Crippen LogP contribution in [0.15, 0.2) is 12.2 Å². The molecule has 0 radical (unpaired) electrons. The van der Waals surface area contributed by atoms with Crippen molar-refractivity contribution < 1.29 is 9.53 Å². The Morgan fingerprint density at radius 2 is 2.25 bits per heavy atom. The molecule has 0 aromatic rings. The van der Waals surface area contributed by atoms with Gasteiger partial charge in [-0.1, -0.05) is 19.4 Å². The third-order valence-corrected chi connectivity index (χ3v) is 1.57. The van der Waals surface area contributed by atoms with Gasteiger partial charge in [-0.15, -0.1) is 0 Å². The van der Waals surface area contributed by atoms with Crippen LogP contribution in [0.1, 0.15) is 40.0 Å². The first-order chi connectivity index (χ1) is 5.70. The Kier molecular flexibility index (Phi) is 6.44. The quantitative estimate of drug-likeness (QED) is 0.468. The number of carbonyl (C=O) groups is 1. The molecule has 2 heteroatoms. The van der Waals surface area contributed by atoms with Gasteiger partial charge in [0.2, 0.25) is 0 Å². The van der Waals surface area contributed by atoms with Gasteiger partial charge in [0, 0.05) is 6.92 Å². The number of unbranched alkanes of at least 4 members (excludes halogenated alkanes) is 1. The highest BCUT2D eigenvalue weighted by atomic mass is 16.5. The van der Waals surface area contributed by atoms with E-state index in [2.05, 4.69) is 6.92 Å². The number of allylic oxidation sites excluding steroid dienone is 1. The lowest BCUT2D eigenvalue weighted by Gasteiger charge is -2.11. The summed E-state index contributed by atoms with van der Waals surface area (Å²) in [6.07, 6.45) is 6.99. The lowest BCUT2D eigenvalue weighted by Crippen LogP contribution is -2.13. The van der Waals surface area contributed by atoms with Crippen LogP contribution in [-0.4, -0.2) is 12.1 Å². The average Bonchev–Trinajstić information content (AvgIpc) is 2.00. The van der Waals surface area contributed by atoms with Crippen molar-refractivity contribution in [1.29, 1.82) is 0 Å². The molecular formula is C10H18O2. The van der Waals surface area contributed by atoms with Gasteiger partial charge in [0.15, 0.2) is 0 Å². The molecule has 0 aliphatic carbocycles. The van der Waals surface area contributed by atoms with E-state index in [1.165, 1.54) is 6.92 Å². The molecule has 0 heterocycles. The van der Waals surface area contributed by atoms with Crippen LogP contribution in [-0.2, 0) is 9.53 Å². The third-order valence-electron chi connectivity index (χ3n) is 1.57. The molecule has 0 aliphatic rings. The average molecular weight is 170 g/mol. The maximum absolute atomic E-state index is 10.6. The Labute approximate surface area is 74.6 Å². The van der Waals surface area contributed by atoms with Gasteiger partial charge in [0.25, 0.3) is 0 Å². The number of hydrogen-bond acceptors (Lipinski definition) is 2. The van der Waals surface area contributed by atoms with Gasteiger partial charge in [-0.2, -0.15) is 0 Å². The van der Waals surface area contributed by atoms with E-state index in [0.29, 0.717) is 0 Å². The Hall–Kier alpha value is -0.790. The summed E-state index contributed by atoms with van der Waals surface area (Å²) < 4.78 is 5.07. The van der Waals surface area contributed by atoms with Gasteiger partial charge in [-0.25, -0.2) is 0 Å². The van der Waals surface area contributed by atoms with Crippen molar-refractivity contribution in [3.8, 4) is 0 Å². The molecule has 70 valence electrons. The standard InChI is InChI=1S/C10H18O2/c1-4-6-8-10(7-5-2)12-9(3)11/h5,7,10H,4,6,8H2,1-3H3/b7-5+. The van der Waals surface area contributed by atoms with Crippen LogP contribution < -0.4 is 0 Å². The normalized spacial score (nSPS) is 13.2. The highest BCUT2D eigenvalue weighted by Gasteiger charge is 2.05. The van der Waals surface area contributed by atoms with Gasteiger partial charge in [-0.05, 0) is 25.8 Å². The largest absolute Gasteiger partial charge is 0.458 e. The molecule has 1 unspecified atom stereocenters. The van der Waals surface area contributed by atoms with E-state index >= 15 is 0 Å². The van der Waals surface area contributed by atoms with E-state index in [4.69, 9.17) is 4.74 Å². The molecule has 0 saturated carbocycles. The summed E-state index contributed by atoms with van der Waals surface area (Å²) in [5, 5.41) is 0. The van der Waals surface area contributed by atoms with Gasteiger partial charge >= 0.3 is 5.97 Å². The fourth-order valence-corrected chi connectivity index (χ4v) is 1.03. The molecule has 0 aliphatic heterocycles. The lowest BCUT2D eigenvalue weighted by atomic mass is 10.1. The Morgan fingerprint density at radius 3 is 2.67 bits per heavy atom. The van der Waals surface area contributed by atoms with E-state index in [1.807, 2.05) is 19.1 Å². The summed E-state index contributed by atoms with van der Waals surface area (Å²) >= 11 is 0. The van der Waals surface area contributed by atoms with Crippen molar-refractivity contribution in [3.05, 3.63) is 12.2 Å². The molecule has 0 bridgehead atoms. The lowest BCUT2D eigenvalue weighted by molar-refractivity contribution is -0.144. The predicted octanol–water partition coefficient (Wildman–Crippen LogP) is 2.68. The zero-order valence-electron chi connectivity index (χ0n) is 8.17. The number of hydrogen-bond donors (Lipinski definition) is 0. The molecule has 0 fully saturated rings. The minimum atomic E-state index is -0.200. The van der Waals surface area contributed by atoms with Crippen LogP contribution in [0.3, 0.4) is 0 Å². The molecule has 0 N–H and O–H groups in total. The molecule has 12 heavy (non-hydrogen) atoms. The first-order valence-electron chi connectivity index (χ1n) is 4.50. The first kappa shape index (κ1) is 11.2. The Balaban J connectivity index is 3.77. The Bertz CT molecular complexity index is 150. The molecule has 0 saturated heterocycles. The van der Waals surface area contributed by atoms with Gasteiger partial charge < -0.3 is 4.74 Å². The fraction of sp³-hybridized carbons (Fsp3) is 0.700. The number of carbonyl (C=O) groups excluding carboxylic acids is 1. The van der Waals surface area contributed by atoms with E-state index in [9.17, 15) is 4.79 Å².